The lowest BCUT2D eigenvalue weighted by atomic mass is 10.1. The molecule has 0 unspecified atom stereocenters. The molecule has 0 aromatic heterocycles. The van der Waals surface area contributed by atoms with Crippen molar-refractivity contribution in [1.82, 2.24) is 5.32 Å². The highest BCUT2D eigenvalue weighted by atomic mass is 35.5. The van der Waals surface area contributed by atoms with Crippen molar-refractivity contribution in [2.45, 2.75) is 19.4 Å². The Labute approximate surface area is 156 Å². The molecule has 0 bridgehead atoms. The average Bonchev–Trinajstić information content (AvgIpc) is 2.96. The van der Waals surface area contributed by atoms with Crippen LogP contribution in [-0.4, -0.2) is 30.3 Å². The van der Waals surface area contributed by atoms with E-state index in [1.54, 1.807) is 53.4 Å². The van der Waals surface area contributed by atoms with Crippen LogP contribution in [0.4, 0.5) is 16.2 Å². The van der Waals surface area contributed by atoms with Gasteiger partial charge in [0.25, 0.3) is 0 Å². The van der Waals surface area contributed by atoms with E-state index in [1.807, 2.05) is 0 Å². The number of hydrogen-bond donors (Lipinski definition) is 2. The second-order valence-electron chi connectivity index (χ2n) is 6.11. The number of urea groups is 1. The van der Waals surface area contributed by atoms with Crippen molar-refractivity contribution >= 4 is 40.7 Å². The zero-order chi connectivity index (χ0) is 18.7. The number of nitrogens with zero attached hydrogens (tertiary/aromatic N) is 1. The Balaban J connectivity index is 1.57. The molecule has 1 atom stereocenters. The first-order valence-corrected chi connectivity index (χ1v) is 8.54. The maximum atomic E-state index is 12.2. The molecule has 3 rings (SSSR count). The molecule has 2 aromatic rings. The van der Waals surface area contributed by atoms with E-state index >= 15 is 0 Å². The van der Waals surface area contributed by atoms with E-state index in [1.165, 1.54) is 6.92 Å². The zero-order valence-corrected chi connectivity index (χ0v) is 14.9. The van der Waals surface area contributed by atoms with E-state index in [4.69, 9.17) is 11.6 Å². The van der Waals surface area contributed by atoms with Gasteiger partial charge in [-0.05, 0) is 55.5 Å². The monoisotopic (exact) mass is 371 g/mol. The Hall–Kier alpha value is -2.86. The van der Waals surface area contributed by atoms with Crippen molar-refractivity contribution in [3.8, 4) is 0 Å². The van der Waals surface area contributed by atoms with Gasteiger partial charge in [-0.3, -0.25) is 9.59 Å². The Morgan fingerprint density at radius 2 is 1.73 bits per heavy atom. The van der Waals surface area contributed by atoms with Gasteiger partial charge in [0, 0.05) is 34.9 Å². The van der Waals surface area contributed by atoms with Crippen LogP contribution in [0, 0.1) is 0 Å². The van der Waals surface area contributed by atoms with Crippen LogP contribution in [0.3, 0.4) is 0 Å². The Bertz CT molecular complexity index is 834. The van der Waals surface area contributed by atoms with Crippen molar-refractivity contribution in [3.05, 3.63) is 59.1 Å². The highest BCUT2D eigenvalue weighted by Crippen LogP contribution is 2.23. The number of halogens is 1. The van der Waals surface area contributed by atoms with Crippen LogP contribution in [0.2, 0.25) is 5.02 Å². The largest absolute Gasteiger partial charge is 0.333 e. The molecule has 2 aromatic carbocycles. The molecule has 0 spiro atoms. The number of Topliss-reactive ketones (excluding diaryl/α,β-unsaturated/α-hetero) is 1. The van der Waals surface area contributed by atoms with Gasteiger partial charge in [-0.15, -0.1) is 0 Å². The second kappa shape index (κ2) is 7.58. The second-order valence-corrected chi connectivity index (χ2v) is 6.55. The molecular formula is C19H18ClN3O3. The fourth-order valence-corrected chi connectivity index (χ4v) is 2.94. The Kier molecular flexibility index (Phi) is 5.23. The molecule has 3 amide bonds. The average molecular weight is 372 g/mol. The highest BCUT2D eigenvalue weighted by molar-refractivity contribution is 6.30. The standard InChI is InChI=1S/C19H18ClN3O3/c1-12(24)13-2-6-15(7-3-13)21-19(26)22-16-10-18(25)23(11-16)17-8-4-14(20)5-9-17/h2-9,16H,10-11H2,1H3,(H2,21,22,26)/t16-/m0/s1. The van der Waals surface area contributed by atoms with E-state index in [-0.39, 0.29) is 24.2 Å². The summed E-state index contributed by atoms with van der Waals surface area (Å²) in [5, 5.41) is 6.11. The summed E-state index contributed by atoms with van der Waals surface area (Å²) >= 11 is 5.87. The molecule has 0 saturated carbocycles. The third-order valence-corrected chi connectivity index (χ3v) is 4.40. The van der Waals surface area contributed by atoms with Crippen LogP contribution in [-0.2, 0) is 4.79 Å². The van der Waals surface area contributed by atoms with Crippen molar-refractivity contribution in [2.24, 2.45) is 0 Å². The molecule has 26 heavy (non-hydrogen) atoms. The minimum atomic E-state index is -0.392. The maximum Gasteiger partial charge on any atom is 0.319 e. The smallest absolute Gasteiger partial charge is 0.319 e. The minimum Gasteiger partial charge on any atom is -0.333 e. The summed E-state index contributed by atoms with van der Waals surface area (Å²) in [6.45, 7) is 1.88. The normalized spacial score (nSPS) is 16.5. The van der Waals surface area contributed by atoms with Gasteiger partial charge in [0.2, 0.25) is 5.91 Å². The summed E-state index contributed by atoms with van der Waals surface area (Å²) in [5.41, 5.74) is 1.91. The lowest BCUT2D eigenvalue weighted by Crippen LogP contribution is -2.39. The Morgan fingerprint density at radius 1 is 1.08 bits per heavy atom. The molecule has 1 saturated heterocycles. The molecule has 1 aliphatic heterocycles. The van der Waals surface area contributed by atoms with Gasteiger partial charge in [0.1, 0.15) is 0 Å². The van der Waals surface area contributed by atoms with Crippen molar-refractivity contribution in [2.75, 3.05) is 16.8 Å². The van der Waals surface area contributed by atoms with Crippen molar-refractivity contribution < 1.29 is 14.4 Å². The molecule has 1 fully saturated rings. The van der Waals surface area contributed by atoms with Crippen LogP contribution in [0.5, 0.6) is 0 Å². The third-order valence-electron chi connectivity index (χ3n) is 4.15. The summed E-state index contributed by atoms with van der Waals surface area (Å²) in [4.78, 5) is 37.2. The SMILES string of the molecule is CC(=O)c1ccc(NC(=O)N[C@H]2CC(=O)N(c3ccc(Cl)cc3)C2)cc1. The number of ketones is 1. The fourth-order valence-electron chi connectivity index (χ4n) is 2.82. The quantitative estimate of drug-likeness (QED) is 0.808. The first-order valence-electron chi connectivity index (χ1n) is 8.17. The topological polar surface area (TPSA) is 78.5 Å². The lowest BCUT2D eigenvalue weighted by Gasteiger charge is -2.17. The molecule has 2 N–H and O–H groups in total. The number of rotatable bonds is 4. The number of carbonyl (C=O) groups excluding carboxylic acids is 3. The van der Waals surface area contributed by atoms with Gasteiger partial charge < -0.3 is 15.5 Å². The summed E-state index contributed by atoms with van der Waals surface area (Å²) in [6, 6.07) is 13.0. The van der Waals surface area contributed by atoms with Gasteiger partial charge in [-0.25, -0.2) is 4.79 Å². The zero-order valence-electron chi connectivity index (χ0n) is 14.2. The van der Waals surface area contributed by atoms with Crippen LogP contribution >= 0.6 is 11.6 Å². The van der Waals surface area contributed by atoms with Crippen LogP contribution in [0.15, 0.2) is 48.5 Å². The first kappa shape index (κ1) is 17.9. The summed E-state index contributed by atoms with van der Waals surface area (Å²) in [6.07, 6.45) is 0.235. The fraction of sp³-hybridized carbons (Fsp3) is 0.211. The van der Waals surface area contributed by atoms with E-state index in [0.29, 0.717) is 22.8 Å². The molecule has 7 heteroatoms. The Morgan fingerprint density at radius 3 is 2.35 bits per heavy atom. The number of hydrogen-bond acceptors (Lipinski definition) is 3. The maximum absolute atomic E-state index is 12.2. The van der Waals surface area contributed by atoms with Crippen LogP contribution in [0.1, 0.15) is 23.7 Å². The van der Waals surface area contributed by atoms with E-state index in [9.17, 15) is 14.4 Å². The number of carbonyl (C=O) groups is 3. The summed E-state index contributed by atoms with van der Waals surface area (Å²) < 4.78 is 0. The van der Waals surface area contributed by atoms with Gasteiger partial charge in [0.15, 0.2) is 5.78 Å². The van der Waals surface area contributed by atoms with Gasteiger partial charge in [0.05, 0.1) is 6.04 Å². The van der Waals surface area contributed by atoms with Crippen LogP contribution < -0.4 is 15.5 Å². The predicted octanol–water partition coefficient (Wildman–Crippen LogP) is 3.47. The third kappa shape index (κ3) is 4.21. The summed E-state index contributed by atoms with van der Waals surface area (Å²) in [7, 11) is 0. The number of nitrogens with one attached hydrogen (secondary N) is 2. The lowest BCUT2D eigenvalue weighted by molar-refractivity contribution is -0.117. The van der Waals surface area contributed by atoms with Crippen LogP contribution in [0.25, 0.3) is 0 Å². The van der Waals surface area contributed by atoms with E-state index < -0.39 is 6.03 Å². The number of amides is 3. The minimum absolute atomic E-state index is 0.0345. The summed E-state index contributed by atoms with van der Waals surface area (Å²) in [5.74, 6) is -0.0869. The molecule has 6 nitrogen and oxygen atoms in total. The molecule has 0 radical (unpaired) electrons. The van der Waals surface area contributed by atoms with Gasteiger partial charge in [-0.1, -0.05) is 11.6 Å². The highest BCUT2D eigenvalue weighted by Gasteiger charge is 2.31. The molecule has 134 valence electrons. The first-order chi connectivity index (χ1) is 12.4. The van der Waals surface area contributed by atoms with Crippen molar-refractivity contribution in [3.63, 3.8) is 0 Å². The van der Waals surface area contributed by atoms with Gasteiger partial charge in [-0.2, -0.15) is 0 Å². The molecular weight excluding hydrogens is 354 g/mol. The number of anilines is 2. The van der Waals surface area contributed by atoms with E-state index in [0.717, 1.165) is 5.69 Å². The predicted molar refractivity (Wildman–Crippen MR) is 101 cm³/mol. The number of benzene rings is 2. The van der Waals surface area contributed by atoms with Crippen molar-refractivity contribution in [1.29, 1.82) is 0 Å². The molecule has 0 aliphatic carbocycles. The van der Waals surface area contributed by atoms with Gasteiger partial charge >= 0.3 is 6.03 Å². The molecule has 1 heterocycles. The molecule has 1 aliphatic rings. The van der Waals surface area contributed by atoms with E-state index in [2.05, 4.69) is 10.6 Å².